The van der Waals surface area contributed by atoms with Gasteiger partial charge >= 0.3 is 0 Å². The van der Waals surface area contributed by atoms with Gasteiger partial charge in [-0.15, -0.1) is 0 Å². The lowest BCUT2D eigenvalue weighted by molar-refractivity contribution is 0.0969. The maximum Gasteiger partial charge on any atom is 0.217 e. The number of piperidine rings is 1. The molecule has 1 N–H and O–H groups in total. The van der Waals surface area contributed by atoms with Crippen LogP contribution in [-0.2, 0) is 14.8 Å². The molecular weight excluding hydrogens is 319 g/mol. The monoisotopic (exact) mass is 342 g/mol. The Bertz CT molecular complexity index is 624. The molecule has 2 aliphatic heterocycles. The molecule has 5 nitrogen and oxygen atoms in total. The van der Waals surface area contributed by atoms with E-state index in [1.807, 2.05) is 0 Å². The van der Waals surface area contributed by atoms with E-state index in [1.165, 1.54) is 6.07 Å². The van der Waals surface area contributed by atoms with Crippen LogP contribution in [0.5, 0.6) is 0 Å². The summed E-state index contributed by atoms with van der Waals surface area (Å²) in [6, 6.07) is 6.68. The topological polar surface area (TPSA) is 58.6 Å². The van der Waals surface area contributed by atoms with E-state index in [9.17, 15) is 12.8 Å². The van der Waals surface area contributed by atoms with Gasteiger partial charge in [-0.3, -0.25) is 0 Å². The second-order valence-corrected chi connectivity index (χ2v) is 8.37. The molecule has 1 aromatic carbocycles. The number of sulfonamides is 1. The van der Waals surface area contributed by atoms with E-state index >= 15 is 0 Å². The minimum Gasteiger partial charge on any atom is -0.381 e. The lowest BCUT2D eigenvalue weighted by Crippen LogP contribution is -2.47. The summed E-state index contributed by atoms with van der Waals surface area (Å²) in [6.45, 7) is 2.03. The summed E-state index contributed by atoms with van der Waals surface area (Å²) in [5.41, 5.74) is 0.484. The number of nitrogens with one attached hydrogen (secondary N) is 1. The van der Waals surface area contributed by atoms with Gasteiger partial charge in [-0.25, -0.2) is 17.1 Å². The number of ether oxygens (including phenoxy) is 1. The van der Waals surface area contributed by atoms with Gasteiger partial charge in [-0.05, 0) is 37.8 Å². The van der Waals surface area contributed by atoms with Crippen molar-refractivity contribution in [3.8, 4) is 0 Å². The summed E-state index contributed by atoms with van der Waals surface area (Å²) >= 11 is 0. The van der Waals surface area contributed by atoms with Crippen LogP contribution in [0, 0.1) is 5.82 Å². The first-order valence-electron chi connectivity index (χ1n) is 8.15. The van der Waals surface area contributed by atoms with Crippen molar-refractivity contribution in [3.63, 3.8) is 0 Å². The Morgan fingerprint density at radius 2 is 1.74 bits per heavy atom. The number of benzene rings is 1. The second-order valence-electron chi connectivity index (χ2n) is 6.15. The third kappa shape index (κ3) is 3.84. The molecule has 0 spiro atoms. The van der Waals surface area contributed by atoms with Crippen LogP contribution in [0.3, 0.4) is 0 Å². The Balaban J connectivity index is 1.57. The molecule has 2 saturated heterocycles. The van der Waals surface area contributed by atoms with Crippen LogP contribution in [0.2, 0.25) is 0 Å². The molecule has 0 aromatic heterocycles. The molecule has 1 aromatic rings. The lowest BCUT2D eigenvalue weighted by Gasteiger charge is -2.35. The van der Waals surface area contributed by atoms with Crippen LogP contribution in [0.15, 0.2) is 24.3 Å². The maximum absolute atomic E-state index is 13.7. The van der Waals surface area contributed by atoms with Crippen molar-refractivity contribution in [2.24, 2.45) is 0 Å². The SMILES string of the molecule is O=S(=O)(C1CCOCC1)N1CCC(Nc2ccccc2F)CC1. The minimum atomic E-state index is -3.24. The van der Waals surface area contributed by atoms with Crippen LogP contribution < -0.4 is 5.32 Å². The number of hydrogen-bond acceptors (Lipinski definition) is 4. The summed E-state index contributed by atoms with van der Waals surface area (Å²) in [5, 5.41) is 2.87. The number of hydrogen-bond donors (Lipinski definition) is 1. The second kappa shape index (κ2) is 7.15. The predicted octanol–water partition coefficient (Wildman–Crippen LogP) is 2.21. The van der Waals surface area contributed by atoms with E-state index in [4.69, 9.17) is 4.74 Å². The van der Waals surface area contributed by atoms with Gasteiger partial charge in [0.25, 0.3) is 0 Å². The molecule has 0 atom stereocenters. The van der Waals surface area contributed by atoms with Crippen LogP contribution in [0.25, 0.3) is 0 Å². The molecule has 128 valence electrons. The zero-order valence-electron chi connectivity index (χ0n) is 13.1. The highest BCUT2D eigenvalue weighted by atomic mass is 32.2. The fraction of sp³-hybridized carbons (Fsp3) is 0.625. The highest BCUT2D eigenvalue weighted by molar-refractivity contribution is 7.89. The van der Waals surface area contributed by atoms with E-state index in [-0.39, 0.29) is 17.1 Å². The normalized spacial score (nSPS) is 22.1. The summed E-state index contributed by atoms with van der Waals surface area (Å²) in [6.07, 6.45) is 2.54. The molecule has 2 heterocycles. The van der Waals surface area contributed by atoms with E-state index < -0.39 is 10.0 Å². The molecule has 7 heteroatoms. The zero-order chi connectivity index (χ0) is 16.3. The fourth-order valence-corrected chi connectivity index (χ4v) is 5.17. The molecule has 0 saturated carbocycles. The Morgan fingerprint density at radius 1 is 1.09 bits per heavy atom. The molecule has 0 bridgehead atoms. The van der Waals surface area contributed by atoms with Crippen LogP contribution in [0.1, 0.15) is 25.7 Å². The van der Waals surface area contributed by atoms with Gasteiger partial charge < -0.3 is 10.1 Å². The Hall–Kier alpha value is -1.18. The molecule has 2 fully saturated rings. The molecule has 2 aliphatic rings. The Labute approximate surface area is 136 Å². The fourth-order valence-electron chi connectivity index (χ4n) is 3.24. The summed E-state index contributed by atoms with van der Waals surface area (Å²) in [7, 11) is -3.24. The van der Waals surface area contributed by atoms with Crippen LogP contribution in [-0.4, -0.2) is 50.3 Å². The van der Waals surface area contributed by atoms with Crippen molar-refractivity contribution in [2.75, 3.05) is 31.6 Å². The molecular formula is C16H23FN2O3S. The lowest BCUT2D eigenvalue weighted by atomic mass is 10.1. The highest BCUT2D eigenvalue weighted by Gasteiger charge is 2.35. The van der Waals surface area contributed by atoms with Gasteiger partial charge in [0.1, 0.15) is 5.82 Å². The first-order chi connectivity index (χ1) is 11.1. The largest absolute Gasteiger partial charge is 0.381 e. The van der Waals surface area contributed by atoms with Crippen molar-refractivity contribution < 1.29 is 17.5 Å². The van der Waals surface area contributed by atoms with Crippen LogP contribution in [0.4, 0.5) is 10.1 Å². The zero-order valence-corrected chi connectivity index (χ0v) is 13.9. The molecule has 3 rings (SSSR count). The van der Waals surface area contributed by atoms with Crippen molar-refractivity contribution in [1.82, 2.24) is 4.31 Å². The average Bonchev–Trinajstić information content (AvgIpc) is 2.58. The molecule has 0 aliphatic carbocycles. The summed E-state index contributed by atoms with van der Waals surface area (Å²) < 4.78 is 45.8. The van der Waals surface area contributed by atoms with Crippen LogP contribution >= 0.6 is 0 Å². The molecule has 0 amide bonds. The molecule has 0 radical (unpaired) electrons. The van der Waals surface area contributed by atoms with Crippen molar-refractivity contribution in [1.29, 1.82) is 0 Å². The Kier molecular flexibility index (Phi) is 5.18. The van der Waals surface area contributed by atoms with Gasteiger partial charge in [0, 0.05) is 32.3 Å². The third-order valence-corrected chi connectivity index (χ3v) is 7.04. The van der Waals surface area contributed by atoms with Gasteiger partial charge in [0.2, 0.25) is 10.0 Å². The van der Waals surface area contributed by atoms with Gasteiger partial charge in [0.05, 0.1) is 10.9 Å². The number of para-hydroxylation sites is 1. The smallest absolute Gasteiger partial charge is 0.217 e. The first-order valence-corrected chi connectivity index (χ1v) is 9.65. The van der Waals surface area contributed by atoms with Crippen molar-refractivity contribution in [2.45, 2.75) is 37.0 Å². The van der Waals surface area contributed by atoms with E-state index in [1.54, 1.807) is 22.5 Å². The maximum atomic E-state index is 13.7. The van der Waals surface area contributed by atoms with E-state index in [0.717, 1.165) is 0 Å². The quantitative estimate of drug-likeness (QED) is 0.911. The Morgan fingerprint density at radius 3 is 2.39 bits per heavy atom. The van der Waals surface area contributed by atoms with Gasteiger partial charge in [-0.2, -0.15) is 0 Å². The van der Waals surface area contributed by atoms with Gasteiger partial charge in [-0.1, -0.05) is 12.1 Å². The predicted molar refractivity (Wildman–Crippen MR) is 87.4 cm³/mol. The molecule has 23 heavy (non-hydrogen) atoms. The minimum absolute atomic E-state index is 0.105. The number of anilines is 1. The summed E-state index contributed by atoms with van der Waals surface area (Å²) in [5.74, 6) is -0.273. The number of rotatable bonds is 4. The van der Waals surface area contributed by atoms with Gasteiger partial charge in [0.15, 0.2) is 0 Å². The average molecular weight is 342 g/mol. The van der Waals surface area contributed by atoms with E-state index in [2.05, 4.69) is 5.32 Å². The third-order valence-electron chi connectivity index (χ3n) is 4.64. The standard InChI is InChI=1S/C16H23FN2O3S/c17-15-3-1-2-4-16(15)18-13-5-9-19(10-6-13)23(20,21)14-7-11-22-12-8-14/h1-4,13-14,18H,5-12H2. The number of nitrogens with zero attached hydrogens (tertiary/aromatic N) is 1. The van der Waals surface area contributed by atoms with Crippen molar-refractivity contribution >= 4 is 15.7 Å². The highest BCUT2D eigenvalue weighted by Crippen LogP contribution is 2.25. The number of halogens is 1. The van der Waals surface area contributed by atoms with E-state index in [0.29, 0.717) is 57.7 Å². The summed E-state index contributed by atoms with van der Waals surface area (Å²) in [4.78, 5) is 0. The molecule has 0 unspecified atom stereocenters. The van der Waals surface area contributed by atoms with Crippen molar-refractivity contribution in [3.05, 3.63) is 30.1 Å². The first kappa shape index (κ1) is 16.7.